The van der Waals surface area contributed by atoms with Crippen molar-refractivity contribution in [1.29, 1.82) is 0 Å². The van der Waals surface area contributed by atoms with E-state index in [-0.39, 0.29) is 16.4 Å². The fraction of sp³-hybridized carbons (Fsp3) is 0.217. The third-order valence-electron chi connectivity index (χ3n) is 4.91. The molecule has 8 nitrogen and oxygen atoms in total. The van der Waals surface area contributed by atoms with Gasteiger partial charge in [0.25, 0.3) is 5.56 Å². The third-order valence-corrected chi connectivity index (χ3v) is 6.32. The molecule has 0 atom stereocenters. The number of halogens is 2. The number of aromatic nitrogens is 2. The second-order valence-corrected chi connectivity index (χ2v) is 9.17. The largest absolute Gasteiger partial charge is 0.494 e. The van der Waals surface area contributed by atoms with Gasteiger partial charge in [-0.05, 0) is 42.3 Å². The summed E-state index contributed by atoms with van der Waals surface area (Å²) in [5.41, 5.74) is 0.466. The molecule has 11 heteroatoms. The molecule has 3 aromatic rings. The molecule has 0 bridgehead atoms. The molecule has 34 heavy (non-hydrogen) atoms. The predicted octanol–water partition coefficient (Wildman–Crippen LogP) is 4.11. The quantitative estimate of drug-likeness (QED) is 0.375. The first kappa shape index (κ1) is 25.6. The zero-order valence-corrected chi connectivity index (χ0v) is 21.0. The van der Waals surface area contributed by atoms with Crippen molar-refractivity contribution in [3.8, 4) is 5.88 Å². The van der Waals surface area contributed by atoms with Crippen LogP contribution in [0, 0.1) is 0 Å². The van der Waals surface area contributed by atoms with Crippen LogP contribution >= 0.6 is 35.0 Å². The number of aliphatic imine (C=N–C) groups is 1. The minimum Gasteiger partial charge on any atom is -0.494 e. The smallest absolute Gasteiger partial charge is 0.333 e. The van der Waals surface area contributed by atoms with Gasteiger partial charge in [0.2, 0.25) is 11.8 Å². The summed E-state index contributed by atoms with van der Waals surface area (Å²) in [4.78, 5) is 42.1. The van der Waals surface area contributed by atoms with Crippen molar-refractivity contribution < 1.29 is 9.90 Å². The number of hydrogen-bond donors (Lipinski definition) is 2. The molecule has 1 heterocycles. The number of amides is 1. The van der Waals surface area contributed by atoms with Crippen molar-refractivity contribution in [2.24, 2.45) is 19.1 Å². The lowest BCUT2D eigenvalue weighted by atomic mass is 10.1. The summed E-state index contributed by atoms with van der Waals surface area (Å²) < 4.78 is 1.82. The first-order valence-electron chi connectivity index (χ1n) is 10.2. The van der Waals surface area contributed by atoms with Crippen molar-refractivity contribution >= 4 is 57.3 Å². The van der Waals surface area contributed by atoms with Gasteiger partial charge >= 0.3 is 5.69 Å². The molecule has 2 aromatic carbocycles. The average Bonchev–Trinajstić information content (AvgIpc) is 2.79. The first-order chi connectivity index (χ1) is 16.1. The molecule has 0 aliphatic carbocycles. The average molecular weight is 521 g/mol. The number of benzene rings is 2. The Bertz CT molecular complexity index is 1360. The van der Waals surface area contributed by atoms with Crippen LogP contribution in [0.3, 0.4) is 0 Å². The Labute approximate surface area is 209 Å². The Morgan fingerprint density at radius 2 is 1.68 bits per heavy atom. The highest BCUT2D eigenvalue weighted by atomic mass is 35.5. The maximum absolute atomic E-state index is 12.9. The van der Waals surface area contributed by atoms with E-state index < -0.39 is 23.0 Å². The summed E-state index contributed by atoms with van der Waals surface area (Å²) in [6.45, 7) is 2.03. The highest BCUT2D eigenvalue weighted by molar-refractivity contribution is 8.15. The third kappa shape index (κ3) is 5.91. The second-order valence-electron chi connectivity index (χ2n) is 7.34. The number of aromatic hydroxyl groups is 1. The van der Waals surface area contributed by atoms with Crippen molar-refractivity contribution in [3.63, 3.8) is 0 Å². The van der Waals surface area contributed by atoms with Crippen LogP contribution in [-0.4, -0.2) is 30.9 Å². The molecule has 0 saturated carbocycles. The molecule has 0 fully saturated rings. The van der Waals surface area contributed by atoms with Gasteiger partial charge < -0.3 is 10.4 Å². The molecule has 1 amide bonds. The van der Waals surface area contributed by atoms with E-state index in [2.05, 4.69) is 10.3 Å². The molecular formula is C23H22Cl2N4O4S. The molecule has 0 saturated heterocycles. The van der Waals surface area contributed by atoms with Crippen LogP contribution in [0.1, 0.15) is 18.1 Å². The maximum Gasteiger partial charge on any atom is 0.333 e. The summed E-state index contributed by atoms with van der Waals surface area (Å²) in [5.74, 6) is -1.08. The van der Waals surface area contributed by atoms with Gasteiger partial charge in [0.15, 0.2) is 0 Å². The van der Waals surface area contributed by atoms with E-state index in [4.69, 9.17) is 23.2 Å². The summed E-state index contributed by atoms with van der Waals surface area (Å²) in [7, 11) is 2.65. The topological polar surface area (TPSA) is 106 Å². The highest BCUT2D eigenvalue weighted by Gasteiger charge is 2.22. The van der Waals surface area contributed by atoms with Gasteiger partial charge in [0.1, 0.15) is 10.6 Å². The normalized spacial score (nSPS) is 11.5. The van der Waals surface area contributed by atoms with E-state index in [1.807, 2.05) is 19.1 Å². The van der Waals surface area contributed by atoms with E-state index in [1.54, 1.807) is 30.3 Å². The van der Waals surface area contributed by atoms with Gasteiger partial charge in [-0.1, -0.05) is 54.0 Å². The van der Waals surface area contributed by atoms with E-state index >= 15 is 0 Å². The molecule has 0 radical (unpaired) electrons. The van der Waals surface area contributed by atoms with E-state index in [9.17, 15) is 19.5 Å². The Hall–Kier alpha value is -3.01. The molecular weight excluding hydrogens is 499 g/mol. The van der Waals surface area contributed by atoms with Crippen molar-refractivity contribution in [2.45, 2.75) is 13.3 Å². The molecule has 1 aromatic heterocycles. The Morgan fingerprint density at radius 1 is 1.06 bits per heavy atom. The fourth-order valence-corrected chi connectivity index (χ4v) is 4.42. The summed E-state index contributed by atoms with van der Waals surface area (Å²) in [6.07, 6.45) is 0.849. The number of thioether (sulfide) groups is 1. The summed E-state index contributed by atoms with van der Waals surface area (Å²) in [5, 5.41) is 14.1. The van der Waals surface area contributed by atoms with Gasteiger partial charge in [-0.2, -0.15) is 0 Å². The van der Waals surface area contributed by atoms with Crippen molar-refractivity contribution in [3.05, 3.63) is 84.5 Å². The fourth-order valence-electron chi connectivity index (χ4n) is 3.06. The standard InChI is InChI=1S/C23H22Cl2N4O4S/c1-4-13-5-7-16(8-6-13)27-20(19-21(31)28(2)23(33)29(3)22(19)32)34-12-18(30)26-17-10-14(24)9-15(25)11-17/h5-11,31H,4,12H2,1-3H3,(H,26,30). The number of aryl methyl sites for hydroxylation is 1. The monoisotopic (exact) mass is 520 g/mol. The highest BCUT2D eigenvalue weighted by Crippen LogP contribution is 2.25. The van der Waals surface area contributed by atoms with Crippen LogP contribution in [0.2, 0.25) is 10.0 Å². The number of anilines is 1. The number of carbonyl (C=O) groups is 1. The zero-order chi connectivity index (χ0) is 25.0. The van der Waals surface area contributed by atoms with Crippen molar-refractivity contribution in [1.82, 2.24) is 9.13 Å². The predicted molar refractivity (Wildman–Crippen MR) is 138 cm³/mol. The Morgan fingerprint density at radius 3 is 2.26 bits per heavy atom. The number of hydrogen-bond acceptors (Lipinski definition) is 6. The molecule has 0 spiro atoms. The Kier molecular flexibility index (Phi) is 8.24. The molecule has 2 N–H and O–H groups in total. The summed E-state index contributed by atoms with van der Waals surface area (Å²) in [6, 6.07) is 12.0. The van der Waals surface area contributed by atoms with Crippen LogP contribution in [0.25, 0.3) is 0 Å². The van der Waals surface area contributed by atoms with Crippen molar-refractivity contribution in [2.75, 3.05) is 11.1 Å². The second kappa shape index (κ2) is 10.9. The zero-order valence-electron chi connectivity index (χ0n) is 18.6. The van der Waals surface area contributed by atoms with Gasteiger partial charge in [-0.3, -0.25) is 18.7 Å². The van der Waals surface area contributed by atoms with Crippen LogP contribution in [-0.2, 0) is 25.3 Å². The van der Waals surface area contributed by atoms with E-state index in [1.165, 1.54) is 14.1 Å². The van der Waals surface area contributed by atoms with Gasteiger partial charge in [-0.15, -0.1) is 0 Å². The van der Waals surface area contributed by atoms with Gasteiger partial charge in [-0.25, -0.2) is 9.79 Å². The molecule has 0 aliphatic rings. The van der Waals surface area contributed by atoms with Gasteiger partial charge in [0.05, 0.1) is 11.4 Å². The van der Waals surface area contributed by atoms with Crippen LogP contribution in [0.4, 0.5) is 11.4 Å². The van der Waals surface area contributed by atoms with Gasteiger partial charge in [0, 0.05) is 29.8 Å². The Balaban J connectivity index is 1.97. The summed E-state index contributed by atoms with van der Waals surface area (Å²) >= 11 is 12.9. The first-order valence-corrected chi connectivity index (χ1v) is 11.9. The number of carbonyl (C=O) groups excluding carboxylic acids is 1. The lowest BCUT2D eigenvalue weighted by Gasteiger charge is -2.13. The lowest BCUT2D eigenvalue weighted by molar-refractivity contribution is -0.113. The van der Waals surface area contributed by atoms with Crippen LogP contribution < -0.4 is 16.6 Å². The van der Waals surface area contributed by atoms with E-state index in [0.29, 0.717) is 21.4 Å². The molecule has 3 rings (SSSR count). The maximum atomic E-state index is 12.9. The number of nitrogens with one attached hydrogen (secondary N) is 1. The number of rotatable bonds is 6. The minimum atomic E-state index is -0.723. The van der Waals surface area contributed by atoms with E-state index in [0.717, 1.165) is 32.9 Å². The lowest BCUT2D eigenvalue weighted by Crippen LogP contribution is -2.39. The molecule has 0 aliphatic heterocycles. The van der Waals surface area contributed by atoms with Crippen LogP contribution in [0.15, 0.2) is 57.0 Å². The van der Waals surface area contributed by atoms with Crippen LogP contribution in [0.5, 0.6) is 5.88 Å². The molecule has 0 unspecified atom stereocenters. The molecule has 178 valence electrons. The SMILES string of the molecule is CCc1ccc(N=C(SCC(=O)Nc2cc(Cl)cc(Cl)c2)c2c(O)n(C)c(=O)n(C)c2=O)cc1. The minimum absolute atomic E-state index is 0.0947. The number of nitrogens with zero attached hydrogens (tertiary/aromatic N) is 3.